The molecular weight excluding hydrogens is 308 g/mol. The maximum Gasteiger partial charge on any atom is 0.499 e. The van der Waals surface area contributed by atoms with Gasteiger partial charge in [-0.25, -0.2) is 0 Å². The first-order chi connectivity index (χ1) is 9.16. The standard InChI is InChI=1S/C12H32O5Si3/c1-9-10-16-19(7,8)17-18(5,6)11-12-20(13-2,14-3)15-4/h9-12H2,1-8H3. The van der Waals surface area contributed by atoms with Gasteiger partial charge in [0.05, 0.1) is 0 Å². The van der Waals surface area contributed by atoms with Crippen LogP contribution in [0.15, 0.2) is 0 Å². The maximum atomic E-state index is 6.37. The van der Waals surface area contributed by atoms with Gasteiger partial charge in [-0.3, -0.25) is 0 Å². The lowest BCUT2D eigenvalue weighted by molar-refractivity contribution is 0.124. The molecule has 0 amide bonds. The van der Waals surface area contributed by atoms with Gasteiger partial charge in [-0.05, 0) is 38.7 Å². The average molecular weight is 341 g/mol. The van der Waals surface area contributed by atoms with E-state index in [0.717, 1.165) is 25.1 Å². The van der Waals surface area contributed by atoms with Crippen LogP contribution in [0.2, 0.25) is 38.3 Å². The van der Waals surface area contributed by atoms with E-state index in [1.165, 1.54) is 0 Å². The fourth-order valence-corrected chi connectivity index (χ4v) is 13.5. The van der Waals surface area contributed by atoms with Gasteiger partial charge in [0.1, 0.15) is 0 Å². The predicted molar refractivity (Wildman–Crippen MR) is 88.7 cm³/mol. The van der Waals surface area contributed by atoms with E-state index in [9.17, 15) is 0 Å². The molecule has 0 heterocycles. The Morgan fingerprint density at radius 1 is 0.800 bits per heavy atom. The lowest BCUT2D eigenvalue weighted by Gasteiger charge is -2.35. The zero-order chi connectivity index (χ0) is 15.9. The predicted octanol–water partition coefficient (Wildman–Crippen LogP) is 3.21. The highest BCUT2D eigenvalue weighted by Crippen LogP contribution is 2.25. The van der Waals surface area contributed by atoms with Crippen LogP contribution in [-0.2, 0) is 21.8 Å². The van der Waals surface area contributed by atoms with E-state index in [-0.39, 0.29) is 0 Å². The van der Waals surface area contributed by atoms with E-state index in [1.807, 2.05) is 0 Å². The molecule has 0 saturated carbocycles. The van der Waals surface area contributed by atoms with Crippen molar-refractivity contribution >= 4 is 25.7 Å². The third-order valence-electron chi connectivity index (χ3n) is 3.14. The fourth-order valence-electron chi connectivity index (χ4n) is 2.10. The second kappa shape index (κ2) is 8.79. The van der Waals surface area contributed by atoms with Gasteiger partial charge < -0.3 is 21.8 Å². The molecule has 0 atom stereocenters. The minimum absolute atomic E-state index is 0.774. The molecule has 0 aliphatic heterocycles. The Hall–Kier alpha value is 0.451. The van der Waals surface area contributed by atoms with Crippen LogP contribution in [-0.4, -0.2) is 53.6 Å². The minimum Gasteiger partial charge on any atom is -0.436 e. The quantitative estimate of drug-likeness (QED) is 0.540. The molecular formula is C12H32O5Si3. The van der Waals surface area contributed by atoms with E-state index < -0.39 is 25.7 Å². The normalized spacial score (nSPS) is 13.8. The van der Waals surface area contributed by atoms with Crippen molar-refractivity contribution in [1.29, 1.82) is 0 Å². The smallest absolute Gasteiger partial charge is 0.436 e. The van der Waals surface area contributed by atoms with Crippen LogP contribution in [0, 0.1) is 0 Å². The van der Waals surface area contributed by atoms with Crippen molar-refractivity contribution in [3.05, 3.63) is 0 Å². The van der Waals surface area contributed by atoms with Crippen LogP contribution >= 0.6 is 0 Å². The van der Waals surface area contributed by atoms with Gasteiger partial charge in [0.2, 0.25) is 0 Å². The van der Waals surface area contributed by atoms with Crippen LogP contribution in [0.4, 0.5) is 0 Å². The van der Waals surface area contributed by atoms with Crippen LogP contribution in [0.25, 0.3) is 0 Å². The molecule has 0 aliphatic rings. The van der Waals surface area contributed by atoms with Crippen LogP contribution in [0.3, 0.4) is 0 Å². The first-order valence-electron chi connectivity index (χ1n) is 7.15. The highest BCUT2D eigenvalue weighted by Gasteiger charge is 2.42. The summed E-state index contributed by atoms with van der Waals surface area (Å²) in [5.74, 6) is 0. The first kappa shape index (κ1) is 20.5. The second-order valence-electron chi connectivity index (χ2n) is 5.91. The third kappa shape index (κ3) is 7.46. The van der Waals surface area contributed by atoms with Crippen molar-refractivity contribution in [1.82, 2.24) is 0 Å². The number of hydrogen-bond donors (Lipinski definition) is 0. The highest BCUT2D eigenvalue weighted by atomic mass is 28.4. The Bertz CT molecular complexity index is 262. The van der Waals surface area contributed by atoms with Gasteiger partial charge in [-0.2, -0.15) is 0 Å². The maximum absolute atomic E-state index is 6.37. The van der Waals surface area contributed by atoms with Gasteiger partial charge in [0.15, 0.2) is 8.32 Å². The first-order valence-corrected chi connectivity index (χ1v) is 15.0. The van der Waals surface area contributed by atoms with E-state index in [2.05, 4.69) is 33.1 Å². The molecule has 0 aliphatic carbocycles. The molecule has 0 rings (SSSR count). The SMILES string of the molecule is CCCO[Si](C)(C)O[Si](C)(C)CC[Si](OC)(OC)OC. The molecule has 0 aromatic heterocycles. The molecule has 8 heteroatoms. The molecule has 0 unspecified atom stereocenters. The summed E-state index contributed by atoms with van der Waals surface area (Å²) >= 11 is 0. The third-order valence-corrected chi connectivity index (χ3v) is 12.9. The lowest BCUT2D eigenvalue weighted by atomic mass is 10.5. The fraction of sp³-hybridized carbons (Fsp3) is 1.00. The summed E-state index contributed by atoms with van der Waals surface area (Å²) in [5, 5.41) is 0. The molecule has 122 valence electrons. The summed E-state index contributed by atoms with van der Waals surface area (Å²) in [6.07, 6.45) is 1.02. The van der Waals surface area contributed by atoms with E-state index >= 15 is 0 Å². The van der Waals surface area contributed by atoms with Crippen molar-refractivity contribution < 1.29 is 21.8 Å². The van der Waals surface area contributed by atoms with Crippen LogP contribution in [0.5, 0.6) is 0 Å². The second-order valence-corrected chi connectivity index (χ2v) is 16.9. The van der Waals surface area contributed by atoms with E-state index in [0.29, 0.717) is 0 Å². The van der Waals surface area contributed by atoms with Gasteiger partial charge >= 0.3 is 17.4 Å². The topological polar surface area (TPSA) is 46.2 Å². The van der Waals surface area contributed by atoms with Gasteiger partial charge in [0.25, 0.3) is 0 Å². The van der Waals surface area contributed by atoms with Gasteiger partial charge in [-0.15, -0.1) is 0 Å². The van der Waals surface area contributed by atoms with Crippen LogP contribution in [0.1, 0.15) is 13.3 Å². The Labute approximate surface area is 127 Å². The summed E-state index contributed by atoms with van der Waals surface area (Å²) in [4.78, 5) is 0. The van der Waals surface area contributed by atoms with Crippen LogP contribution < -0.4 is 0 Å². The molecule has 0 spiro atoms. The van der Waals surface area contributed by atoms with Crippen molar-refractivity contribution in [3.8, 4) is 0 Å². The Balaban J connectivity index is 4.51. The van der Waals surface area contributed by atoms with E-state index in [4.69, 9.17) is 21.8 Å². The molecule has 0 radical (unpaired) electrons. The Morgan fingerprint density at radius 3 is 1.70 bits per heavy atom. The largest absolute Gasteiger partial charge is 0.499 e. The minimum atomic E-state index is -2.50. The van der Waals surface area contributed by atoms with Gasteiger partial charge in [0, 0.05) is 34.0 Å². The van der Waals surface area contributed by atoms with Crippen molar-refractivity contribution in [2.45, 2.75) is 51.6 Å². The Kier molecular flexibility index (Phi) is 8.99. The molecule has 0 aromatic carbocycles. The molecule has 0 bridgehead atoms. The highest BCUT2D eigenvalue weighted by molar-refractivity contribution is 6.83. The summed E-state index contributed by atoms with van der Waals surface area (Å²) < 4.78 is 28.7. The summed E-state index contributed by atoms with van der Waals surface area (Å²) in [6, 6.07) is 1.73. The summed E-state index contributed by atoms with van der Waals surface area (Å²) in [5.41, 5.74) is 0. The number of hydrogen-bond acceptors (Lipinski definition) is 5. The molecule has 20 heavy (non-hydrogen) atoms. The lowest BCUT2D eigenvalue weighted by Crippen LogP contribution is -2.49. The molecule has 0 N–H and O–H groups in total. The average Bonchev–Trinajstić information content (AvgIpc) is 2.37. The zero-order valence-corrected chi connectivity index (χ0v) is 17.4. The molecule has 0 fully saturated rings. The zero-order valence-electron chi connectivity index (χ0n) is 14.4. The molecule has 5 nitrogen and oxygen atoms in total. The van der Waals surface area contributed by atoms with Crippen molar-refractivity contribution in [3.63, 3.8) is 0 Å². The van der Waals surface area contributed by atoms with Gasteiger partial charge in [-0.1, -0.05) is 6.92 Å². The molecule has 0 saturated heterocycles. The summed E-state index contributed by atoms with van der Waals surface area (Å²) in [6.45, 7) is 11.6. The van der Waals surface area contributed by atoms with Crippen molar-refractivity contribution in [2.75, 3.05) is 27.9 Å². The molecule has 0 aromatic rings. The van der Waals surface area contributed by atoms with Crippen molar-refractivity contribution in [2.24, 2.45) is 0 Å². The summed E-state index contributed by atoms with van der Waals surface area (Å²) in [7, 11) is -1.39. The Morgan fingerprint density at radius 2 is 1.30 bits per heavy atom. The van der Waals surface area contributed by atoms with E-state index in [1.54, 1.807) is 21.3 Å². The number of rotatable bonds is 11. The monoisotopic (exact) mass is 340 g/mol.